The molecule has 1 unspecified atom stereocenters. The molecule has 0 aromatic carbocycles. The fraction of sp³-hybridized carbons (Fsp3) is 0.923. The normalized spacial score (nSPS) is 18.8. The van der Waals surface area contributed by atoms with Gasteiger partial charge in [-0.1, -0.05) is 32.6 Å². The third kappa shape index (κ3) is 4.28. The molecule has 100 valence electrons. The monoisotopic (exact) mass is 243 g/mol. The molecule has 0 saturated heterocycles. The van der Waals surface area contributed by atoms with Gasteiger partial charge in [0.05, 0.1) is 6.61 Å². The van der Waals surface area contributed by atoms with Crippen molar-refractivity contribution in [3.63, 3.8) is 0 Å². The lowest BCUT2D eigenvalue weighted by molar-refractivity contribution is -0.145. The van der Waals surface area contributed by atoms with E-state index in [1.807, 2.05) is 4.90 Å². The van der Waals surface area contributed by atoms with Crippen molar-refractivity contribution in [2.45, 2.75) is 64.0 Å². The Bertz CT molecular complexity index is 227. The molecule has 1 atom stereocenters. The number of hydrogen-bond donors (Lipinski definition) is 2. The number of aliphatic hydroxyl groups excluding tert-OH is 1. The Morgan fingerprint density at radius 1 is 1.41 bits per heavy atom. The maximum absolute atomic E-state index is 11.4. The van der Waals surface area contributed by atoms with Crippen molar-refractivity contribution >= 4 is 5.97 Å². The van der Waals surface area contributed by atoms with E-state index in [1.54, 1.807) is 0 Å². The second-order valence-corrected chi connectivity index (χ2v) is 4.90. The number of unbranched alkanes of at least 4 members (excludes halogenated alkanes) is 1. The molecule has 4 heteroatoms. The van der Waals surface area contributed by atoms with Crippen molar-refractivity contribution in [2.24, 2.45) is 0 Å². The first-order valence-corrected chi connectivity index (χ1v) is 6.80. The first kappa shape index (κ1) is 14.5. The van der Waals surface area contributed by atoms with Gasteiger partial charge in [-0.05, 0) is 19.3 Å². The lowest BCUT2D eigenvalue weighted by Crippen LogP contribution is -2.47. The van der Waals surface area contributed by atoms with Crippen LogP contribution in [0.2, 0.25) is 0 Å². The van der Waals surface area contributed by atoms with Crippen LogP contribution in [-0.2, 0) is 4.79 Å². The van der Waals surface area contributed by atoms with Crippen molar-refractivity contribution in [3.05, 3.63) is 0 Å². The van der Waals surface area contributed by atoms with Crippen LogP contribution in [0.4, 0.5) is 0 Å². The molecule has 0 radical (unpaired) electrons. The van der Waals surface area contributed by atoms with Gasteiger partial charge in [-0.2, -0.15) is 0 Å². The topological polar surface area (TPSA) is 60.8 Å². The summed E-state index contributed by atoms with van der Waals surface area (Å²) in [5, 5.41) is 18.5. The molecule has 4 nitrogen and oxygen atoms in total. The average Bonchev–Trinajstić information content (AvgIpc) is 2.81. The minimum atomic E-state index is -0.737. The summed E-state index contributed by atoms with van der Waals surface area (Å²) in [7, 11) is 0. The average molecular weight is 243 g/mol. The van der Waals surface area contributed by atoms with Crippen molar-refractivity contribution in [1.29, 1.82) is 0 Å². The molecule has 1 aliphatic rings. The third-order valence-corrected chi connectivity index (χ3v) is 3.67. The van der Waals surface area contributed by atoms with Crippen LogP contribution in [0, 0.1) is 0 Å². The molecule has 1 aliphatic carbocycles. The Kier molecular flexibility index (Phi) is 6.52. The molecule has 0 heterocycles. The number of carbonyl (C=O) groups is 1. The number of carboxylic acid groups (broad SMARTS) is 1. The lowest BCUT2D eigenvalue weighted by atomic mass is 10.0. The Labute approximate surface area is 104 Å². The van der Waals surface area contributed by atoms with E-state index in [0.29, 0.717) is 19.0 Å². The second-order valence-electron chi connectivity index (χ2n) is 4.90. The smallest absolute Gasteiger partial charge is 0.320 e. The van der Waals surface area contributed by atoms with Gasteiger partial charge in [0.2, 0.25) is 0 Å². The van der Waals surface area contributed by atoms with Gasteiger partial charge in [-0.25, -0.2) is 0 Å². The molecular weight excluding hydrogens is 218 g/mol. The van der Waals surface area contributed by atoms with Gasteiger partial charge in [-0.3, -0.25) is 9.69 Å². The van der Waals surface area contributed by atoms with Gasteiger partial charge < -0.3 is 10.2 Å². The molecule has 1 fully saturated rings. The Morgan fingerprint density at radius 2 is 2.06 bits per heavy atom. The van der Waals surface area contributed by atoms with E-state index in [4.69, 9.17) is 5.11 Å². The fourth-order valence-electron chi connectivity index (χ4n) is 2.77. The zero-order chi connectivity index (χ0) is 12.7. The minimum Gasteiger partial charge on any atom is -0.480 e. The van der Waals surface area contributed by atoms with Crippen molar-refractivity contribution < 1.29 is 15.0 Å². The Balaban J connectivity index is 2.65. The highest BCUT2D eigenvalue weighted by atomic mass is 16.4. The summed E-state index contributed by atoms with van der Waals surface area (Å²) < 4.78 is 0. The second kappa shape index (κ2) is 7.67. The number of hydrogen-bond acceptors (Lipinski definition) is 3. The summed E-state index contributed by atoms with van der Waals surface area (Å²) in [6.07, 6.45) is 7.18. The van der Waals surface area contributed by atoms with Crippen LogP contribution in [0.3, 0.4) is 0 Å². The van der Waals surface area contributed by atoms with Crippen LogP contribution in [0.5, 0.6) is 0 Å². The van der Waals surface area contributed by atoms with Gasteiger partial charge >= 0.3 is 5.97 Å². The summed E-state index contributed by atoms with van der Waals surface area (Å²) in [5.41, 5.74) is 0. The SMILES string of the molecule is CCCCC(C(=O)O)N(CCO)C1CCCC1. The highest BCUT2D eigenvalue weighted by Gasteiger charge is 2.31. The number of aliphatic hydroxyl groups is 1. The van der Waals surface area contributed by atoms with E-state index < -0.39 is 12.0 Å². The van der Waals surface area contributed by atoms with E-state index in [2.05, 4.69) is 6.92 Å². The number of carboxylic acids is 1. The predicted molar refractivity (Wildman–Crippen MR) is 67.0 cm³/mol. The first-order valence-electron chi connectivity index (χ1n) is 6.80. The summed E-state index contributed by atoms with van der Waals surface area (Å²) >= 11 is 0. The zero-order valence-electron chi connectivity index (χ0n) is 10.8. The van der Waals surface area contributed by atoms with Crippen LogP contribution in [-0.4, -0.2) is 46.3 Å². The van der Waals surface area contributed by atoms with E-state index in [-0.39, 0.29) is 6.61 Å². The van der Waals surface area contributed by atoms with Crippen molar-refractivity contribution in [2.75, 3.05) is 13.2 Å². The van der Waals surface area contributed by atoms with Crippen LogP contribution in [0.15, 0.2) is 0 Å². The molecule has 0 aromatic rings. The molecule has 1 saturated carbocycles. The lowest BCUT2D eigenvalue weighted by Gasteiger charge is -2.33. The molecule has 0 aromatic heterocycles. The maximum atomic E-state index is 11.4. The van der Waals surface area contributed by atoms with E-state index in [9.17, 15) is 9.90 Å². The zero-order valence-corrected chi connectivity index (χ0v) is 10.8. The molecule has 0 bridgehead atoms. The van der Waals surface area contributed by atoms with E-state index in [0.717, 1.165) is 25.7 Å². The molecule has 2 N–H and O–H groups in total. The molecule has 17 heavy (non-hydrogen) atoms. The minimum absolute atomic E-state index is 0.0480. The van der Waals surface area contributed by atoms with Gasteiger partial charge in [0.15, 0.2) is 0 Å². The first-order chi connectivity index (χ1) is 8.20. The standard InChI is InChI=1S/C13H25NO3/c1-2-3-8-12(13(16)17)14(9-10-15)11-6-4-5-7-11/h11-12,15H,2-10H2,1H3,(H,16,17). The Morgan fingerprint density at radius 3 is 2.53 bits per heavy atom. The molecule has 0 spiro atoms. The van der Waals surface area contributed by atoms with Gasteiger partial charge in [0.1, 0.15) is 6.04 Å². The summed E-state index contributed by atoms with van der Waals surface area (Å²) in [6, 6.07) is -0.0506. The molecule has 1 rings (SSSR count). The van der Waals surface area contributed by atoms with Gasteiger partial charge in [0.25, 0.3) is 0 Å². The summed E-state index contributed by atoms with van der Waals surface area (Å²) in [5.74, 6) is -0.737. The quantitative estimate of drug-likeness (QED) is 0.683. The summed E-state index contributed by atoms with van der Waals surface area (Å²) in [4.78, 5) is 13.4. The van der Waals surface area contributed by atoms with Crippen LogP contribution >= 0.6 is 0 Å². The van der Waals surface area contributed by atoms with Crippen molar-refractivity contribution in [3.8, 4) is 0 Å². The van der Waals surface area contributed by atoms with Crippen LogP contribution in [0.1, 0.15) is 51.9 Å². The molecule has 0 amide bonds. The van der Waals surface area contributed by atoms with E-state index >= 15 is 0 Å². The van der Waals surface area contributed by atoms with Crippen LogP contribution in [0.25, 0.3) is 0 Å². The van der Waals surface area contributed by atoms with Gasteiger partial charge in [0, 0.05) is 12.6 Å². The molecular formula is C13H25NO3. The Hall–Kier alpha value is -0.610. The highest BCUT2D eigenvalue weighted by Crippen LogP contribution is 2.26. The predicted octanol–water partition coefficient (Wildman–Crippen LogP) is 1.87. The largest absolute Gasteiger partial charge is 0.480 e. The number of rotatable bonds is 8. The van der Waals surface area contributed by atoms with E-state index in [1.165, 1.54) is 12.8 Å². The number of aliphatic carboxylic acids is 1. The maximum Gasteiger partial charge on any atom is 0.320 e. The number of nitrogens with zero attached hydrogens (tertiary/aromatic N) is 1. The third-order valence-electron chi connectivity index (χ3n) is 3.67. The van der Waals surface area contributed by atoms with Gasteiger partial charge in [-0.15, -0.1) is 0 Å². The van der Waals surface area contributed by atoms with Crippen molar-refractivity contribution in [1.82, 2.24) is 4.90 Å². The highest BCUT2D eigenvalue weighted by molar-refractivity contribution is 5.73. The fourth-order valence-corrected chi connectivity index (χ4v) is 2.77. The van der Waals surface area contributed by atoms with Crippen LogP contribution < -0.4 is 0 Å². The summed E-state index contributed by atoms with van der Waals surface area (Å²) in [6.45, 7) is 2.61. The molecule has 0 aliphatic heterocycles.